The van der Waals surface area contributed by atoms with Crippen LogP contribution < -0.4 is 5.32 Å². The van der Waals surface area contributed by atoms with Gasteiger partial charge in [-0.15, -0.1) is 0 Å². The van der Waals surface area contributed by atoms with Crippen LogP contribution in [0.25, 0.3) is 0 Å². The third kappa shape index (κ3) is 4.72. The highest BCUT2D eigenvalue weighted by atomic mass is 16.2. The fourth-order valence-electron chi connectivity index (χ4n) is 3.10. The molecule has 0 radical (unpaired) electrons. The summed E-state index contributed by atoms with van der Waals surface area (Å²) in [6, 6.07) is 0. The van der Waals surface area contributed by atoms with Gasteiger partial charge in [-0.1, -0.05) is 6.92 Å². The van der Waals surface area contributed by atoms with Crippen molar-refractivity contribution in [2.45, 2.75) is 19.8 Å². The molecule has 5 heteroatoms. The van der Waals surface area contributed by atoms with Gasteiger partial charge in [-0.2, -0.15) is 0 Å². The fourth-order valence-corrected chi connectivity index (χ4v) is 3.10. The second kappa shape index (κ2) is 7.96. The fraction of sp³-hybridized carbons (Fsp3) is 0.933. The number of hydrogen-bond donors (Lipinski definition) is 1. The van der Waals surface area contributed by atoms with E-state index in [0.717, 1.165) is 52.4 Å². The standard InChI is InChI=1S/C15H30N4O/c1-3-18(12-14-5-4-6-16-11-14)13-15(20)19-9-7-17(2)8-10-19/h14,16H,3-13H2,1-2H3. The van der Waals surface area contributed by atoms with Crippen molar-refractivity contribution < 1.29 is 4.79 Å². The molecule has 0 aliphatic carbocycles. The van der Waals surface area contributed by atoms with Crippen molar-refractivity contribution >= 4 is 5.91 Å². The molecule has 0 aromatic carbocycles. The van der Waals surface area contributed by atoms with Crippen molar-refractivity contribution in [1.29, 1.82) is 0 Å². The Labute approximate surface area is 123 Å². The van der Waals surface area contributed by atoms with Gasteiger partial charge in [-0.3, -0.25) is 9.69 Å². The van der Waals surface area contributed by atoms with Crippen LogP contribution in [0.4, 0.5) is 0 Å². The Morgan fingerprint density at radius 1 is 1.30 bits per heavy atom. The molecule has 0 aromatic rings. The van der Waals surface area contributed by atoms with Crippen LogP contribution in [0, 0.1) is 5.92 Å². The number of carbonyl (C=O) groups excluding carboxylic acids is 1. The molecule has 116 valence electrons. The third-order valence-corrected chi connectivity index (χ3v) is 4.58. The van der Waals surface area contributed by atoms with Gasteiger partial charge >= 0.3 is 0 Å². The topological polar surface area (TPSA) is 38.8 Å². The largest absolute Gasteiger partial charge is 0.339 e. The summed E-state index contributed by atoms with van der Waals surface area (Å²) in [5, 5.41) is 3.46. The van der Waals surface area contributed by atoms with Crippen molar-refractivity contribution in [3.8, 4) is 0 Å². The predicted molar refractivity (Wildman–Crippen MR) is 81.8 cm³/mol. The maximum Gasteiger partial charge on any atom is 0.236 e. The van der Waals surface area contributed by atoms with Gasteiger partial charge in [0.2, 0.25) is 5.91 Å². The summed E-state index contributed by atoms with van der Waals surface area (Å²) in [7, 11) is 2.12. The Hall–Kier alpha value is -0.650. The van der Waals surface area contributed by atoms with E-state index in [9.17, 15) is 4.79 Å². The maximum absolute atomic E-state index is 12.4. The molecule has 0 bridgehead atoms. The minimum absolute atomic E-state index is 0.309. The van der Waals surface area contributed by atoms with Gasteiger partial charge in [0.25, 0.3) is 0 Å². The van der Waals surface area contributed by atoms with Crippen LogP contribution in [0.3, 0.4) is 0 Å². The molecule has 1 unspecified atom stereocenters. The molecular weight excluding hydrogens is 252 g/mol. The molecule has 0 aromatic heterocycles. The maximum atomic E-state index is 12.4. The van der Waals surface area contributed by atoms with Crippen molar-refractivity contribution in [2.75, 3.05) is 66.0 Å². The third-order valence-electron chi connectivity index (χ3n) is 4.58. The molecule has 2 saturated heterocycles. The molecule has 2 aliphatic heterocycles. The summed E-state index contributed by atoms with van der Waals surface area (Å²) in [4.78, 5) is 19.0. The number of nitrogens with one attached hydrogen (secondary N) is 1. The lowest BCUT2D eigenvalue weighted by Gasteiger charge is -2.35. The van der Waals surface area contributed by atoms with E-state index >= 15 is 0 Å². The van der Waals surface area contributed by atoms with E-state index in [4.69, 9.17) is 0 Å². The molecule has 2 heterocycles. The quantitative estimate of drug-likeness (QED) is 0.775. The number of likely N-dealkylation sites (N-methyl/N-ethyl adjacent to an activating group) is 2. The van der Waals surface area contributed by atoms with Gasteiger partial charge in [0.1, 0.15) is 0 Å². The molecule has 20 heavy (non-hydrogen) atoms. The number of amides is 1. The number of piperidine rings is 1. The lowest BCUT2D eigenvalue weighted by molar-refractivity contribution is -0.134. The van der Waals surface area contributed by atoms with E-state index in [1.807, 2.05) is 4.90 Å². The van der Waals surface area contributed by atoms with Gasteiger partial charge in [-0.05, 0) is 45.4 Å². The zero-order chi connectivity index (χ0) is 14.4. The Balaban J connectivity index is 1.75. The molecule has 2 rings (SSSR count). The number of hydrogen-bond acceptors (Lipinski definition) is 4. The Bertz CT molecular complexity index is 296. The van der Waals surface area contributed by atoms with E-state index in [1.165, 1.54) is 12.8 Å². The molecule has 1 N–H and O–H groups in total. The van der Waals surface area contributed by atoms with E-state index < -0.39 is 0 Å². The molecule has 2 aliphatic rings. The van der Waals surface area contributed by atoms with Crippen molar-refractivity contribution in [1.82, 2.24) is 20.0 Å². The predicted octanol–water partition coefficient (Wildman–Crippen LogP) is 0.0819. The van der Waals surface area contributed by atoms with Crippen LogP contribution in [0.1, 0.15) is 19.8 Å². The Kier molecular flexibility index (Phi) is 6.26. The van der Waals surface area contributed by atoms with Crippen molar-refractivity contribution in [3.63, 3.8) is 0 Å². The van der Waals surface area contributed by atoms with Gasteiger partial charge in [0.05, 0.1) is 6.54 Å². The number of piperazine rings is 1. The molecule has 2 fully saturated rings. The lowest BCUT2D eigenvalue weighted by atomic mass is 9.99. The number of rotatable bonds is 5. The summed E-state index contributed by atoms with van der Waals surface area (Å²) < 4.78 is 0. The zero-order valence-electron chi connectivity index (χ0n) is 13.1. The van der Waals surface area contributed by atoms with E-state index in [1.54, 1.807) is 0 Å². The van der Waals surface area contributed by atoms with E-state index in [2.05, 4.69) is 29.1 Å². The van der Waals surface area contributed by atoms with Crippen LogP contribution in [-0.2, 0) is 4.79 Å². The molecule has 1 amide bonds. The smallest absolute Gasteiger partial charge is 0.236 e. The minimum atomic E-state index is 0.309. The Morgan fingerprint density at radius 3 is 2.65 bits per heavy atom. The van der Waals surface area contributed by atoms with Crippen LogP contribution in [0.15, 0.2) is 0 Å². The summed E-state index contributed by atoms with van der Waals surface area (Å²) in [6.45, 7) is 10.8. The van der Waals surface area contributed by atoms with E-state index in [-0.39, 0.29) is 0 Å². The van der Waals surface area contributed by atoms with Gasteiger partial charge in [0.15, 0.2) is 0 Å². The number of carbonyl (C=O) groups is 1. The first-order valence-electron chi connectivity index (χ1n) is 8.08. The summed E-state index contributed by atoms with van der Waals surface area (Å²) in [5.41, 5.74) is 0. The highest BCUT2D eigenvalue weighted by Gasteiger charge is 2.22. The van der Waals surface area contributed by atoms with Crippen molar-refractivity contribution in [2.24, 2.45) is 5.92 Å². The molecule has 5 nitrogen and oxygen atoms in total. The second-order valence-corrected chi connectivity index (χ2v) is 6.22. The SMILES string of the molecule is CCN(CC(=O)N1CCN(C)CC1)CC1CCCNC1. The van der Waals surface area contributed by atoms with Gasteiger partial charge < -0.3 is 15.1 Å². The van der Waals surface area contributed by atoms with Crippen LogP contribution >= 0.6 is 0 Å². The second-order valence-electron chi connectivity index (χ2n) is 6.22. The summed E-state index contributed by atoms with van der Waals surface area (Å²) in [5.74, 6) is 1.02. The highest BCUT2D eigenvalue weighted by Crippen LogP contribution is 2.12. The zero-order valence-corrected chi connectivity index (χ0v) is 13.1. The van der Waals surface area contributed by atoms with Crippen LogP contribution in [0.2, 0.25) is 0 Å². The molecule has 1 atom stereocenters. The first-order chi connectivity index (χ1) is 9.69. The lowest BCUT2D eigenvalue weighted by Crippen LogP contribution is -2.50. The monoisotopic (exact) mass is 282 g/mol. The van der Waals surface area contributed by atoms with E-state index in [0.29, 0.717) is 18.4 Å². The molecule has 0 saturated carbocycles. The first-order valence-corrected chi connectivity index (χ1v) is 8.08. The Morgan fingerprint density at radius 2 is 2.05 bits per heavy atom. The normalized spacial score (nSPS) is 25.1. The average molecular weight is 282 g/mol. The summed E-state index contributed by atoms with van der Waals surface area (Å²) in [6.07, 6.45) is 2.57. The van der Waals surface area contributed by atoms with Gasteiger partial charge in [0, 0.05) is 32.7 Å². The number of nitrogens with zero attached hydrogens (tertiary/aromatic N) is 3. The van der Waals surface area contributed by atoms with Crippen molar-refractivity contribution in [3.05, 3.63) is 0 Å². The molecule has 0 spiro atoms. The average Bonchev–Trinajstić information content (AvgIpc) is 2.48. The summed E-state index contributed by atoms with van der Waals surface area (Å²) >= 11 is 0. The van der Waals surface area contributed by atoms with Crippen LogP contribution in [0.5, 0.6) is 0 Å². The minimum Gasteiger partial charge on any atom is -0.339 e. The molecular formula is C15H30N4O. The highest BCUT2D eigenvalue weighted by molar-refractivity contribution is 5.78. The van der Waals surface area contributed by atoms with Gasteiger partial charge in [-0.25, -0.2) is 0 Å². The van der Waals surface area contributed by atoms with Crippen LogP contribution in [-0.4, -0.2) is 86.6 Å². The first kappa shape index (κ1) is 15.7.